The third-order valence-corrected chi connectivity index (χ3v) is 6.75. The number of carbonyl (C=O) groups is 1. The van der Waals surface area contributed by atoms with Crippen molar-refractivity contribution in [3.63, 3.8) is 0 Å². The van der Waals surface area contributed by atoms with E-state index in [1.165, 1.54) is 17.3 Å². The van der Waals surface area contributed by atoms with Gasteiger partial charge in [-0.25, -0.2) is 9.97 Å². The third-order valence-electron chi connectivity index (χ3n) is 5.82. The normalized spacial score (nSPS) is 11.4. The van der Waals surface area contributed by atoms with Gasteiger partial charge in [0.25, 0.3) is 0 Å². The fourth-order valence-electron chi connectivity index (χ4n) is 4.03. The number of carbonyl (C=O) groups excluding carboxylic acids is 1. The molecule has 0 saturated heterocycles. The Balaban J connectivity index is 1.37. The zero-order valence-electron chi connectivity index (χ0n) is 20.0. The van der Waals surface area contributed by atoms with E-state index in [0.29, 0.717) is 18.1 Å². The highest BCUT2D eigenvalue weighted by Crippen LogP contribution is 2.24. The first kappa shape index (κ1) is 23.0. The Labute approximate surface area is 207 Å². The Hall–Kier alpha value is -3.72. The number of rotatable bonds is 8. The van der Waals surface area contributed by atoms with Crippen LogP contribution in [0.15, 0.2) is 59.8 Å². The molecule has 5 aromatic rings. The number of anilines is 1. The van der Waals surface area contributed by atoms with E-state index in [-0.39, 0.29) is 11.7 Å². The Kier molecular flexibility index (Phi) is 6.50. The molecule has 178 valence electrons. The second kappa shape index (κ2) is 9.87. The van der Waals surface area contributed by atoms with Gasteiger partial charge in [0.15, 0.2) is 16.6 Å². The van der Waals surface area contributed by atoms with Crippen molar-refractivity contribution < 1.29 is 4.79 Å². The summed E-state index contributed by atoms with van der Waals surface area (Å²) in [6, 6.07) is 17.9. The first-order chi connectivity index (χ1) is 17.0. The van der Waals surface area contributed by atoms with Crippen LogP contribution in [0.2, 0.25) is 0 Å². The number of para-hydroxylation sites is 1. The summed E-state index contributed by atoms with van der Waals surface area (Å²) in [6.07, 6.45) is 1.62. The van der Waals surface area contributed by atoms with Gasteiger partial charge >= 0.3 is 0 Å². The van der Waals surface area contributed by atoms with Gasteiger partial charge in [0.1, 0.15) is 0 Å². The van der Waals surface area contributed by atoms with Crippen LogP contribution >= 0.6 is 11.8 Å². The number of nitrogens with one attached hydrogen (secondary N) is 1. The molecule has 0 atom stereocenters. The van der Waals surface area contributed by atoms with Gasteiger partial charge in [0, 0.05) is 29.7 Å². The maximum Gasteiger partial charge on any atom is 0.234 e. The van der Waals surface area contributed by atoms with Crippen LogP contribution in [0.25, 0.3) is 16.6 Å². The Morgan fingerprint density at radius 2 is 1.83 bits per heavy atom. The van der Waals surface area contributed by atoms with E-state index >= 15 is 0 Å². The average molecular weight is 486 g/mol. The van der Waals surface area contributed by atoms with Gasteiger partial charge in [-0.2, -0.15) is 9.61 Å². The standard InChI is InChI=1S/C26H27N7OS/c1-4-19-9-11-20(12-10-19)27-24(34)16-35-26-28-22-8-6-5-7-21(22)25-29-23(31-33(25)26)13-14-32-18(3)15-17(2)30-32/h5-12,15H,4,13-14,16H2,1-3H3,(H,27,34). The smallest absolute Gasteiger partial charge is 0.234 e. The number of thioether (sulfide) groups is 1. The summed E-state index contributed by atoms with van der Waals surface area (Å²) in [5, 5.41) is 13.8. The first-order valence-electron chi connectivity index (χ1n) is 11.7. The van der Waals surface area contributed by atoms with E-state index in [2.05, 4.69) is 23.4 Å². The van der Waals surface area contributed by atoms with Gasteiger partial charge in [-0.1, -0.05) is 43.0 Å². The molecule has 0 aliphatic carbocycles. The minimum absolute atomic E-state index is 0.0905. The predicted molar refractivity (Wildman–Crippen MR) is 139 cm³/mol. The molecule has 2 aromatic carbocycles. The maximum atomic E-state index is 12.6. The SMILES string of the molecule is CCc1ccc(NC(=O)CSc2nc3ccccc3c3nc(CCn4nc(C)cc4C)nn23)cc1. The molecule has 5 rings (SSSR count). The zero-order chi connectivity index (χ0) is 24.4. The molecule has 0 radical (unpaired) electrons. The number of amides is 1. The van der Waals surface area contributed by atoms with Crippen LogP contribution in [0.1, 0.15) is 29.7 Å². The van der Waals surface area contributed by atoms with Crippen molar-refractivity contribution >= 4 is 39.9 Å². The lowest BCUT2D eigenvalue weighted by Crippen LogP contribution is -2.14. The van der Waals surface area contributed by atoms with E-state index in [1.54, 1.807) is 4.52 Å². The molecule has 3 heterocycles. The molecular weight excluding hydrogens is 458 g/mol. The zero-order valence-corrected chi connectivity index (χ0v) is 20.8. The number of fused-ring (bicyclic) bond motifs is 3. The fourth-order valence-corrected chi connectivity index (χ4v) is 4.78. The lowest BCUT2D eigenvalue weighted by Gasteiger charge is -2.07. The average Bonchev–Trinajstić information content (AvgIpc) is 3.44. The van der Waals surface area contributed by atoms with Crippen LogP contribution in [-0.2, 0) is 24.2 Å². The lowest BCUT2D eigenvalue weighted by molar-refractivity contribution is -0.113. The molecular formula is C26H27N7OS. The highest BCUT2D eigenvalue weighted by molar-refractivity contribution is 7.99. The van der Waals surface area contributed by atoms with Crippen LogP contribution in [0, 0.1) is 13.8 Å². The first-order valence-corrected chi connectivity index (χ1v) is 12.7. The van der Waals surface area contributed by atoms with Gasteiger partial charge in [-0.05, 0) is 56.2 Å². The van der Waals surface area contributed by atoms with Crippen molar-refractivity contribution in [2.24, 2.45) is 0 Å². The predicted octanol–water partition coefficient (Wildman–Crippen LogP) is 4.63. The second-order valence-electron chi connectivity index (χ2n) is 8.46. The van der Waals surface area contributed by atoms with Crippen LogP contribution in [-0.4, -0.2) is 41.0 Å². The largest absolute Gasteiger partial charge is 0.325 e. The molecule has 0 fully saturated rings. The minimum atomic E-state index is -0.0905. The van der Waals surface area contributed by atoms with Crippen molar-refractivity contribution in [3.8, 4) is 0 Å². The van der Waals surface area contributed by atoms with E-state index in [1.807, 2.05) is 67.1 Å². The topological polar surface area (TPSA) is 90.0 Å². The summed E-state index contributed by atoms with van der Waals surface area (Å²) < 4.78 is 3.73. The Morgan fingerprint density at radius 3 is 2.57 bits per heavy atom. The number of aromatic nitrogens is 6. The summed E-state index contributed by atoms with van der Waals surface area (Å²) in [7, 11) is 0. The van der Waals surface area contributed by atoms with Crippen molar-refractivity contribution in [1.82, 2.24) is 29.4 Å². The molecule has 0 aliphatic rings. The molecule has 35 heavy (non-hydrogen) atoms. The number of hydrogen-bond acceptors (Lipinski definition) is 6. The molecule has 8 nitrogen and oxygen atoms in total. The fraction of sp³-hybridized carbons (Fsp3) is 0.269. The molecule has 0 unspecified atom stereocenters. The molecule has 0 spiro atoms. The summed E-state index contributed by atoms with van der Waals surface area (Å²) in [5.74, 6) is 0.849. The van der Waals surface area contributed by atoms with E-state index in [4.69, 9.17) is 15.1 Å². The quantitative estimate of drug-likeness (QED) is 0.255. The summed E-state index contributed by atoms with van der Waals surface area (Å²) in [5.41, 5.74) is 5.72. The number of benzene rings is 2. The third kappa shape index (κ3) is 5.05. The molecule has 0 saturated carbocycles. The van der Waals surface area contributed by atoms with Crippen LogP contribution in [0.5, 0.6) is 0 Å². The van der Waals surface area contributed by atoms with Crippen LogP contribution < -0.4 is 5.32 Å². The van der Waals surface area contributed by atoms with Gasteiger partial charge < -0.3 is 5.32 Å². The van der Waals surface area contributed by atoms with Gasteiger partial charge in [0.05, 0.1) is 17.0 Å². The molecule has 0 bridgehead atoms. The number of aryl methyl sites for hydroxylation is 5. The van der Waals surface area contributed by atoms with Gasteiger partial charge in [-0.15, -0.1) is 5.10 Å². The Morgan fingerprint density at radius 1 is 1.03 bits per heavy atom. The summed E-state index contributed by atoms with van der Waals surface area (Å²) in [4.78, 5) is 22.2. The minimum Gasteiger partial charge on any atom is -0.325 e. The van der Waals surface area contributed by atoms with Crippen molar-refractivity contribution in [3.05, 3.63) is 77.4 Å². The number of hydrogen-bond donors (Lipinski definition) is 1. The highest BCUT2D eigenvalue weighted by Gasteiger charge is 2.15. The maximum absolute atomic E-state index is 12.6. The van der Waals surface area contributed by atoms with Crippen molar-refractivity contribution in [2.45, 2.75) is 45.3 Å². The lowest BCUT2D eigenvalue weighted by atomic mass is 10.1. The molecule has 1 N–H and O–H groups in total. The van der Waals surface area contributed by atoms with E-state index in [0.717, 1.165) is 45.9 Å². The second-order valence-corrected chi connectivity index (χ2v) is 9.41. The van der Waals surface area contributed by atoms with E-state index < -0.39 is 0 Å². The van der Waals surface area contributed by atoms with Gasteiger partial charge in [-0.3, -0.25) is 9.48 Å². The molecule has 0 aliphatic heterocycles. The Bertz CT molecular complexity index is 1500. The van der Waals surface area contributed by atoms with Gasteiger partial charge in [0.2, 0.25) is 5.91 Å². The van der Waals surface area contributed by atoms with Crippen LogP contribution in [0.4, 0.5) is 5.69 Å². The van der Waals surface area contributed by atoms with Crippen molar-refractivity contribution in [1.29, 1.82) is 0 Å². The number of nitrogens with zero attached hydrogens (tertiary/aromatic N) is 6. The van der Waals surface area contributed by atoms with Crippen molar-refractivity contribution in [2.75, 3.05) is 11.1 Å². The summed E-state index contributed by atoms with van der Waals surface area (Å²) >= 11 is 1.35. The molecule has 3 aromatic heterocycles. The molecule has 1 amide bonds. The monoisotopic (exact) mass is 485 g/mol. The highest BCUT2D eigenvalue weighted by atomic mass is 32.2. The summed E-state index contributed by atoms with van der Waals surface area (Å²) in [6.45, 7) is 6.84. The van der Waals surface area contributed by atoms with E-state index in [9.17, 15) is 4.79 Å². The molecule has 9 heteroatoms. The van der Waals surface area contributed by atoms with Crippen LogP contribution in [0.3, 0.4) is 0 Å².